The molecule has 0 saturated carbocycles. The molecule has 6 nitrogen and oxygen atoms in total. The zero-order chi connectivity index (χ0) is 19.4. The normalized spacial score (nSPS) is 12.0. The molecule has 0 saturated heterocycles. The second-order valence-corrected chi connectivity index (χ2v) is 7.46. The van der Waals surface area contributed by atoms with Crippen molar-refractivity contribution in [1.29, 1.82) is 0 Å². The van der Waals surface area contributed by atoms with E-state index in [0.29, 0.717) is 22.5 Å². The Bertz CT molecular complexity index is 1050. The predicted molar refractivity (Wildman–Crippen MR) is 111 cm³/mol. The van der Waals surface area contributed by atoms with Crippen molar-refractivity contribution in [3.05, 3.63) is 62.9 Å². The van der Waals surface area contributed by atoms with Gasteiger partial charge in [-0.2, -0.15) is 5.10 Å². The van der Waals surface area contributed by atoms with E-state index < -0.39 is 0 Å². The largest absolute Gasteiger partial charge is 0.503 e. The first-order valence-corrected chi connectivity index (χ1v) is 9.67. The van der Waals surface area contributed by atoms with Crippen molar-refractivity contribution >= 4 is 33.5 Å². The number of aromatic nitrogens is 1. The number of methoxy groups -OCH3 is 1. The molecule has 0 aliphatic carbocycles. The van der Waals surface area contributed by atoms with Crippen LogP contribution in [-0.4, -0.2) is 29.7 Å². The van der Waals surface area contributed by atoms with Gasteiger partial charge in [-0.15, -0.1) is 11.3 Å². The second kappa shape index (κ2) is 8.41. The number of thiazole rings is 1. The average molecular weight is 448 g/mol. The van der Waals surface area contributed by atoms with Crippen molar-refractivity contribution in [3.63, 3.8) is 0 Å². The van der Waals surface area contributed by atoms with Crippen LogP contribution in [0.2, 0.25) is 0 Å². The molecule has 0 aliphatic rings. The highest BCUT2D eigenvalue weighted by Gasteiger charge is 2.11. The number of aromatic hydroxyl groups is 1. The van der Waals surface area contributed by atoms with Crippen molar-refractivity contribution in [2.24, 2.45) is 10.1 Å². The molecule has 8 heteroatoms. The smallest absolute Gasteiger partial charge is 0.206 e. The molecule has 2 aromatic heterocycles. The summed E-state index contributed by atoms with van der Waals surface area (Å²) >= 11 is 4.79. The molecule has 1 N–H and O–H groups in total. The van der Waals surface area contributed by atoms with E-state index in [1.165, 1.54) is 18.4 Å². The van der Waals surface area contributed by atoms with E-state index in [9.17, 15) is 5.11 Å². The molecular weight excluding hydrogens is 430 g/mol. The maximum absolute atomic E-state index is 9.95. The minimum absolute atomic E-state index is 0.0475. The molecule has 0 atom stereocenters. The van der Waals surface area contributed by atoms with E-state index in [4.69, 9.17) is 9.15 Å². The first-order valence-electron chi connectivity index (χ1n) is 7.99. The van der Waals surface area contributed by atoms with Gasteiger partial charge in [-0.1, -0.05) is 12.2 Å². The van der Waals surface area contributed by atoms with Crippen molar-refractivity contribution in [1.82, 2.24) is 4.68 Å². The number of ether oxygens (including phenoxy) is 1. The summed E-state index contributed by atoms with van der Waals surface area (Å²) in [7, 11) is 1.50. The van der Waals surface area contributed by atoms with Crippen LogP contribution in [0.15, 0.2) is 67.0 Å². The minimum atomic E-state index is 0.0475. The van der Waals surface area contributed by atoms with Gasteiger partial charge >= 0.3 is 0 Å². The Labute approximate surface area is 168 Å². The Hall–Kier alpha value is -2.58. The van der Waals surface area contributed by atoms with Gasteiger partial charge in [-0.05, 0) is 52.7 Å². The first kappa shape index (κ1) is 19.2. The van der Waals surface area contributed by atoms with Crippen LogP contribution in [0.5, 0.6) is 11.5 Å². The topological polar surface area (TPSA) is 72.2 Å². The van der Waals surface area contributed by atoms with Crippen molar-refractivity contribution < 1.29 is 14.3 Å². The second-order valence-electron chi connectivity index (χ2n) is 5.76. The molecule has 0 fully saturated rings. The fraction of sp³-hybridized carbons (Fsp3) is 0.158. The predicted octanol–water partition coefficient (Wildman–Crippen LogP) is 4.65. The molecule has 140 valence electrons. The summed E-state index contributed by atoms with van der Waals surface area (Å²) in [4.78, 5) is 5.29. The maximum atomic E-state index is 9.95. The standard InChI is InChI=1S/C19H18BrN3O3S/c1-12(2)9-21-19-23(15(11-27-19)16-5-4-6-26-16)22-10-13-7-14(20)18(24)17(8-13)25-3/h4-8,10-11,24H,1,9H2,2-3H3. The molecule has 3 aromatic rings. The SMILES string of the molecule is C=C(C)CN=c1scc(-c2ccco2)n1N=Cc1cc(Br)c(O)c(OC)c1. The Balaban J connectivity index is 2.06. The lowest BCUT2D eigenvalue weighted by atomic mass is 10.2. The first-order chi connectivity index (χ1) is 13.0. The van der Waals surface area contributed by atoms with Gasteiger partial charge in [0.05, 0.1) is 30.6 Å². The van der Waals surface area contributed by atoms with E-state index in [1.54, 1.807) is 29.3 Å². The molecule has 3 rings (SSSR count). The van der Waals surface area contributed by atoms with Crippen molar-refractivity contribution in [2.75, 3.05) is 13.7 Å². The van der Waals surface area contributed by atoms with Crippen LogP contribution in [0, 0.1) is 0 Å². The summed E-state index contributed by atoms with van der Waals surface area (Å²) in [5, 5.41) is 16.5. The Morgan fingerprint density at radius 2 is 2.30 bits per heavy atom. The lowest BCUT2D eigenvalue weighted by molar-refractivity contribution is 0.372. The third-order valence-electron chi connectivity index (χ3n) is 3.54. The number of nitrogens with zero attached hydrogens (tertiary/aromatic N) is 3. The van der Waals surface area contributed by atoms with E-state index >= 15 is 0 Å². The molecule has 0 amide bonds. The number of halogens is 1. The zero-order valence-electron chi connectivity index (χ0n) is 14.8. The van der Waals surface area contributed by atoms with Gasteiger partial charge in [0.15, 0.2) is 17.3 Å². The number of phenols is 1. The van der Waals surface area contributed by atoms with Crippen LogP contribution >= 0.6 is 27.3 Å². The van der Waals surface area contributed by atoms with Crippen LogP contribution in [0.25, 0.3) is 11.5 Å². The quantitative estimate of drug-likeness (QED) is 0.441. The number of hydrogen-bond acceptors (Lipinski definition) is 6. The third-order valence-corrected chi connectivity index (χ3v) is 4.99. The summed E-state index contributed by atoms with van der Waals surface area (Å²) in [5.74, 6) is 1.11. The molecular formula is C19H18BrN3O3S. The molecule has 0 spiro atoms. The fourth-order valence-electron chi connectivity index (χ4n) is 2.26. The number of rotatable bonds is 6. The molecule has 0 bridgehead atoms. The Kier molecular flexibility index (Phi) is 5.98. The monoisotopic (exact) mass is 447 g/mol. The summed E-state index contributed by atoms with van der Waals surface area (Å²) in [6.45, 7) is 6.34. The lowest BCUT2D eigenvalue weighted by Gasteiger charge is -2.06. The van der Waals surface area contributed by atoms with Crippen LogP contribution in [0.3, 0.4) is 0 Å². The highest BCUT2D eigenvalue weighted by Crippen LogP contribution is 2.34. The van der Waals surface area contributed by atoms with Gasteiger partial charge in [0.25, 0.3) is 0 Å². The van der Waals surface area contributed by atoms with Crippen LogP contribution in [0.1, 0.15) is 12.5 Å². The van der Waals surface area contributed by atoms with Gasteiger partial charge in [0.1, 0.15) is 5.69 Å². The number of benzene rings is 1. The van der Waals surface area contributed by atoms with Gasteiger partial charge in [0.2, 0.25) is 4.80 Å². The molecule has 2 heterocycles. The molecule has 27 heavy (non-hydrogen) atoms. The maximum Gasteiger partial charge on any atom is 0.206 e. The summed E-state index contributed by atoms with van der Waals surface area (Å²) < 4.78 is 12.9. The highest BCUT2D eigenvalue weighted by molar-refractivity contribution is 9.10. The van der Waals surface area contributed by atoms with Crippen LogP contribution in [0.4, 0.5) is 0 Å². The molecule has 0 unspecified atom stereocenters. The van der Waals surface area contributed by atoms with Gasteiger partial charge in [-0.25, -0.2) is 4.68 Å². The summed E-state index contributed by atoms with van der Waals surface area (Å²) in [6.07, 6.45) is 3.29. The number of furan rings is 1. The van der Waals surface area contributed by atoms with Gasteiger partial charge < -0.3 is 14.3 Å². The van der Waals surface area contributed by atoms with Gasteiger partial charge in [0, 0.05) is 5.38 Å². The molecule has 1 aromatic carbocycles. The fourth-order valence-corrected chi connectivity index (χ4v) is 3.54. The van der Waals surface area contributed by atoms with E-state index in [1.807, 2.05) is 24.4 Å². The van der Waals surface area contributed by atoms with E-state index in [-0.39, 0.29) is 5.75 Å². The molecule has 0 aliphatic heterocycles. The average Bonchev–Trinajstić information content (AvgIpc) is 3.29. The highest BCUT2D eigenvalue weighted by atomic mass is 79.9. The third kappa shape index (κ3) is 4.40. The van der Waals surface area contributed by atoms with Crippen molar-refractivity contribution in [2.45, 2.75) is 6.92 Å². The van der Waals surface area contributed by atoms with Crippen LogP contribution in [-0.2, 0) is 0 Å². The van der Waals surface area contributed by atoms with Gasteiger partial charge in [-0.3, -0.25) is 4.99 Å². The van der Waals surface area contributed by atoms with Crippen molar-refractivity contribution in [3.8, 4) is 23.0 Å². The van der Waals surface area contributed by atoms with Crippen LogP contribution < -0.4 is 9.54 Å². The Morgan fingerprint density at radius 3 is 2.96 bits per heavy atom. The van der Waals surface area contributed by atoms with E-state index in [2.05, 4.69) is 32.6 Å². The van der Waals surface area contributed by atoms with E-state index in [0.717, 1.165) is 21.6 Å². The molecule has 0 radical (unpaired) electrons. The minimum Gasteiger partial charge on any atom is -0.503 e. The number of phenolic OH excluding ortho intramolecular Hbond substituents is 1. The zero-order valence-corrected chi connectivity index (χ0v) is 17.2. The number of hydrogen-bond donors (Lipinski definition) is 1. The lowest BCUT2D eigenvalue weighted by Crippen LogP contribution is -2.12. The Morgan fingerprint density at radius 1 is 1.48 bits per heavy atom. The summed E-state index contributed by atoms with van der Waals surface area (Å²) in [5.41, 5.74) is 2.52. The summed E-state index contributed by atoms with van der Waals surface area (Å²) in [6, 6.07) is 7.16.